The summed E-state index contributed by atoms with van der Waals surface area (Å²) in [6.07, 6.45) is 0. The van der Waals surface area contributed by atoms with Crippen molar-refractivity contribution < 1.29 is 13.2 Å². The minimum Gasteiger partial charge on any atom is -0.455 e. The fourth-order valence-electron chi connectivity index (χ4n) is 4.97. The molecular weight excluding hydrogens is 430 g/mol. The van der Waals surface area contributed by atoms with E-state index in [-0.39, 0.29) is 9.79 Å². The Labute approximate surface area is 191 Å². The highest BCUT2D eigenvalue weighted by Gasteiger charge is 2.33. The SMILES string of the molecule is O=S1(=O)c2ccccc2Oc2cc(N3c4ccccc4-c4cccc5cccc3c45)ccc21. The summed E-state index contributed by atoms with van der Waals surface area (Å²) in [5.41, 5.74) is 5.28. The highest BCUT2D eigenvalue weighted by atomic mass is 32.2. The van der Waals surface area contributed by atoms with Crippen LogP contribution in [0.4, 0.5) is 17.1 Å². The number of hydrogen-bond donors (Lipinski definition) is 0. The van der Waals surface area contributed by atoms with Crippen LogP contribution in [0.2, 0.25) is 0 Å². The minimum atomic E-state index is -3.64. The molecule has 0 saturated carbocycles. The van der Waals surface area contributed by atoms with Crippen molar-refractivity contribution in [3.05, 3.63) is 103 Å². The standard InChI is InChI=1S/C28H17NO3S/c30-33(31)26-14-4-3-13-24(26)32-25-17-19(15-16-27(25)33)29-22-11-2-1-9-20(22)21-10-5-7-18-8-6-12-23(29)28(18)21/h1-17H. The Morgan fingerprint density at radius 2 is 1.30 bits per heavy atom. The maximum atomic E-state index is 13.2. The number of ether oxygens (including phenoxy) is 1. The van der Waals surface area contributed by atoms with E-state index in [2.05, 4.69) is 53.4 Å². The highest BCUT2D eigenvalue weighted by molar-refractivity contribution is 7.91. The molecule has 0 spiro atoms. The van der Waals surface area contributed by atoms with Crippen LogP contribution >= 0.6 is 0 Å². The third-order valence-electron chi connectivity index (χ3n) is 6.39. The monoisotopic (exact) mass is 447 g/mol. The second-order valence-corrected chi connectivity index (χ2v) is 10.1. The maximum Gasteiger partial charge on any atom is 0.213 e. The van der Waals surface area contributed by atoms with Crippen LogP contribution in [0.5, 0.6) is 11.5 Å². The van der Waals surface area contributed by atoms with Gasteiger partial charge in [0.2, 0.25) is 9.84 Å². The summed E-state index contributed by atoms with van der Waals surface area (Å²) < 4.78 is 32.5. The van der Waals surface area contributed by atoms with Gasteiger partial charge in [-0.05, 0) is 47.3 Å². The third kappa shape index (κ3) is 2.48. The molecule has 0 unspecified atom stereocenters. The van der Waals surface area contributed by atoms with Gasteiger partial charge < -0.3 is 9.64 Å². The molecule has 0 amide bonds. The zero-order valence-corrected chi connectivity index (χ0v) is 18.2. The Kier molecular flexibility index (Phi) is 3.62. The first kappa shape index (κ1) is 18.5. The molecule has 4 nitrogen and oxygen atoms in total. The highest BCUT2D eigenvalue weighted by Crippen LogP contribution is 2.52. The van der Waals surface area contributed by atoms with Crippen LogP contribution in [-0.2, 0) is 9.84 Å². The van der Waals surface area contributed by atoms with Crippen LogP contribution < -0.4 is 9.64 Å². The van der Waals surface area contributed by atoms with Gasteiger partial charge in [0.05, 0.1) is 11.4 Å². The van der Waals surface area contributed by atoms with Gasteiger partial charge in [0, 0.05) is 22.7 Å². The van der Waals surface area contributed by atoms with Crippen molar-refractivity contribution in [2.45, 2.75) is 9.79 Å². The van der Waals surface area contributed by atoms with Gasteiger partial charge in [0.25, 0.3) is 0 Å². The lowest BCUT2D eigenvalue weighted by Gasteiger charge is -2.34. The Bertz CT molecular complexity index is 1720. The minimum absolute atomic E-state index is 0.189. The molecule has 5 aromatic rings. The lowest BCUT2D eigenvalue weighted by atomic mass is 9.91. The number of sulfone groups is 1. The molecule has 2 aliphatic rings. The van der Waals surface area contributed by atoms with E-state index in [0.29, 0.717) is 11.5 Å². The summed E-state index contributed by atoms with van der Waals surface area (Å²) >= 11 is 0. The van der Waals surface area contributed by atoms with Crippen molar-refractivity contribution in [3.63, 3.8) is 0 Å². The van der Waals surface area contributed by atoms with Crippen LogP contribution in [0.1, 0.15) is 0 Å². The average molecular weight is 448 g/mol. The van der Waals surface area contributed by atoms with Crippen LogP contribution in [0, 0.1) is 0 Å². The number of hydrogen-bond acceptors (Lipinski definition) is 4. The van der Waals surface area contributed by atoms with Crippen LogP contribution in [0.25, 0.3) is 21.9 Å². The zero-order valence-electron chi connectivity index (χ0n) is 17.4. The first-order valence-electron chi connectivity index (χ1n) is 10.7. The molecule has 5 aromatic carbocycles. The molecule has 0 bridgehead atoms. The summed E-state index contributed by atoms with van der Waals surface area (Å²) in [4.78, 5) is 2.57. The molecular formula is C28H17NO3S. The lowest BCUT2D eigenvalue weighted by Crippen LogP contribution is -2.16. The van der Waals surface area contributed by atoms with E-state index in [4.69, 9.17) is 4.74 Å². The molecule has 33 heavy (non-hydrogen) atoms. The van der Waals surface area contributed by atoms with Crippen LogP contribution in [0.15, 0.2) is 113 Å². The van der Waals surface area contributed by atoms with Gasteiger partial charge in [-0.15, -0.1) is 0 Å². The van der Waals surface area contributed by atoms with Gasteiger partial charge >= 0.3 is 0 Å². The summed E-state index contributed by atoms with van der Waals surface area (Å²) in [7, 11) is -3.64. The second-order valence-electron chi connectivity index (χ2n) is 8.22. The van der Waals surface area contributed by atoms with E-state index in [1.807, 2.05) is 24.3 Å². The van der Waals surface area contributed by atoms with Crippen LogP contribution in [-0.4, -0.2) is 8.42 Å². The van der Waals surface area contributed by atoms with Gasteiger partial charge in [0.1, 0.15) is 21.3 Å². The number of rotatable bonds is 1. The number of nitrogens with zero attached hydrogens (tertiary/aromatic N) is 1. The maximum absolute atomic E-state index is 13.2. The Balaban J connectivity index is 1.49. The molecule has 0 saturated heterocycles. The van der Waals surface area contributed by atoms with E-state index >= 15 is 0 Å². The van der Waals surface area contributed by atoms with Crippen molar-refractivity contribution in [2.75, 3.05) is 4.90 Å². The van der Waals surface area contributed by atoms with E-state index in [9.17, 15) is 8.42 Å². The van der Waals surface area contributed by atoms with Gasteiger partial charge in [-0.2, -0.15) is 0 Å². The van der Waals surface area contributed by atoms with Crippen molar-refractivity contribution >= 4 is 37.7 Å². The molecule has 7 rings (SSSR count). The Morgan fingerprint density at radius 1 is 0.606 bits per heavy atom. The molecule has 5 heteroatoms. The van der Waals surface area contributed by atoms with E-state index in [1.165, 1.54) is 10.9 Å². The molecule has 0 aliphatic carbocycles. The number of para-hydroxylation sites is 2. The molecule has 0 aromatic heterocycles. The summed E-state index contributed by atoms with van der Waals surface area (Å²) in [5, 5.41) is 2.34. The first-order chi connectivity index (χ1) is 16.1. The van der Waals surface area contributed by atoms with Crippen molar-refractivity contribution in [2.24, 2.45) is 0 Å². The van der Waals surface area contributed by atoms with Crippen molar-refractivity contribution in [3.8, 4) is 22.6 Å². The topological polar surface area (TPSA) is 46.6 Å². The summed E-state index contributed by atoms with van der Waals surface area (Å²) in [6, 6.07) is 33.0. The van der Waals surface area contributed by atoms with Gasteiger partial charge in [-0.25, -0.2) is 8.42 Å². The molecule has 0 fully saturated rings. The van der Waals surface area contributed by atoms with Gasteiger partial charge in [-0.3, -0.25) is 0 Å². The molecule has 2 heterocycles. The number of fused-ring (bicyclic) bond motifs is 4. The third-order valence-corrected chi connectivity index (χ3v) is 8.22. The van der Waals surface area contributed by atoms with Gasteiger partial charge in [0.15, 0.2) is 0 Å². The van der Waals surface area contributed by atoms with E-state index < -0.39 is 9.84 Å². The predicted molar refractivity (Wildman–Crippen MR) is 130 cm³/mol. The molecule has 2 aliphatic heterocycles. The quantitative estimate of drug-likeness (QED) is 0.266. The lowest BCUT2D eigenvalue weighted by molar-refractivity contribution is 0.443. The summed E-state index contributed by atoms with van der Waals surface area (Å²) in [6.45, 7) is 0. The number of benzene rings is 5. The summed E-state index contributed by atoms with van der Waals surface area (Å²) in [5.74, 6) is 0.698. The molecule has 0 atom stereocenters. The smallest absolute Gasteiger partial charge is 0.213 e. The van der Waals surface area contributed by atoms with E-state index in [0.717, 1.165) is 28.0 Å². The fraction of sp³-hybridized carbons (Fsp3) is 0. The normalized spacial score (nSPS) is 14.7. The van der Waals surface area contributed by atoms with Gasteiger partial charge in [-0.1, -0.05) is 60.7 Å². The Hall–Kier alpha value is -4.09. The second kappa shape index (κ2) is 6.47. The molecule has 0 radical (unpaired) electrons. The Morgan fingerprint density at radius 3 is 2.21 bits per heavy atom. The van der Waals surface area contributed by atoms with Crippen molar-refractivity contribution in [1.82, 2.24) is 0 Å². The fourth-order valence-corrected chi connectivity index (χ4v) is 6.45. The predicted octanol–water partition coefficient (Wildman–Crippen LogP) is 7.23. The largest absolute Gasteiger partial charge is 0.455 e. The van der Waals surface area contributed by atoms with E-state index in [1.54, 1.807) is 30.3 Å². The molecule has 158 valence electrons. The average Bonchev–Trinajstić information content (AvgIpc) is 2.84. The molecule has 0 N–H and O–H groups in total. The van der Waals surface area contributed by atoms with Crippen LogP contribution in [0.3, 0.4) is 0 Å². The number of anilines is 3. The van der Waals surface area contributed by atoms with Crippen molar-refractivity contribution in [1.29, 1.82) is 0 Å². The zero-order chi connectivity index (χ0) is 22.2. The first-order valence-corrected chi connectivity index (χ1v) is 12.2.